The lowest BCUT2D eigenvalue weighted by atomic mass is 10.1. The quantitative estimate of drug-likeness (QED) is 0.347. The molecule has 5 nitrogen and oxygen atoms in total. The highest BCUT2D eigenvalue weighted by Gasteiger charge is 2.22. The summed E-state index contributed by atoms with van der Waals surface area (Å²) in [4.78, 5) is 14.3. The fourth-order valence-corrected chi connectivity index (χ4v) is 4.34. The van der Waals surface area contributed by atoms with Gasteiger partial charge in [-0.25, -0.2) is 4.79 Å². The van der Waals surface area contributed by atoms with E-state index in [9.17, 15) is 9.90 Å². The molecule has 0 aromatic heterocycles. The molecule has 0 amide bonds. The Labute approximate surface area is 192 Å². The Morgan fingerprint density at radius 1 is 1.06 bits per heavy atom. The number of nitrogens with zero attached hydrogens (tertiary/aromatic N) is 1. The van der Waals surface area contributed by atoms with Crippen LogP contribution in [0.5, 0.6) is 11.5 Å². The van der Waals surface area contributed by atoms with E-state index in [-0.39, 0.29) is 0 Å². The summed E-state index contributed by atoms with van der Waals surface area (Å²) in [5.74, 6) is 1.21. The number of hydrogen-bond acceptors (Lipinski definition) is 4. The summed E-state index contributed by atoms with van der Waals surface area (Å²) < 4.78 is 6.43. The molecule has 0 aliphatic heterocycles. The molecule has 2 aromatic rings. The number of aromatic carboxylic acids is 1. The first kappa shape index (κ1) is 24.0. The average molecular weight is 439 g/mol. The maximum absolute atomic E-state index is 12.0. The molecule has 0 radical (unpaired) electrons. The third kappa shape index (κ3) is 6.65. The van der Waals surface area contributed by atoms with Crippen molar-refractivity contribution in [3.05, 3.63) is 48.0 Å². The third-order valence-electron chi connectivity index (χ3n) is 6.24. The SMILES string of the molecule is CCCCN(CCCC)c1cc(C(=O)O)cc(NCC2CCCC2)c1Oc1ccccc1. The summed E-state index contributed by atoms with van der Waals surface area (Å²) >= 11 is 0. The lowest BCUT2D eigenvalue weighted by Crippen LogP contribution is -2.27. The van der Waals surface area contributed by atoms with Gasteiger partial charge in [-0.2, -0.15) is 0 Å². The van der Waals surface area contributed by atoms with Crippen LogP contribution >= 0.6 is 0 Å². The lowest BCUT2D eigenvalue weighted by Gasteiger charge is -2.29. The summed E-state index contributed by atoms with van der Waals surface area (Å²) in [6.07, 6.45) is 9.29. The second-order valence-electron chi connectivity index (χ2n) is 8.82. The zero-order chi connectivity index (χ0) is 22.8. The molecule has 5 heteroatoms. The van der Waals surface area contributed by atoms with Gasteiger partial charge in [-0.1, -0.05) is 57.7 Å². The van der Waals surface area contributed by atoms with Crippen LogP contribution in [0.3, 0.4) is 0 Å². The number of rotatable bonds is 13. The summed E-state index contributed by atoms with van der Waals surface area (Å²) in [6, 6.07) is 13.3. The fourth-order valence-electron chi connectivity index (χ4n) is 4.34. The van der Waals surface area contributed by atoms with Gasteiger partial charge >= 0.3 is 5.97 Å². The molecule has 0 unspecified atom stereocenters. The number of hydrogen-bond donors (Lipinski definition) is 2. The highest BCUT2D eigenvalue weighted by molar-refractivity contribution is 5.92. The lowest BCUT2D eigenvalue weighted by molar-refractivity contribution is 0.0697. The molecule has 1 saturated carbocycles. The molecule has 2 N–H and O–H groups in total. The van der Waals surface area contributed by atoms with E-state index in [4.69, 9.17) is 4.74 Å². The topological polar surface area (TPSA) is 61.8 Å². The van der Waals surface area contributed by atoms with E-state index in [0.717, 1.165) is 68.2 Å². The number of nitrogens with one attached hydrogen (secondary N) is 1. The Bertz CT molecular complexity index is 839. The monoisotopic (exact) mass is 438 g/mol. The predicted octanol–water partition coefficient (Wildman–Crippen LogP) is 7.19. The number of carboxylic acids is 1. The van der Waals surface area contributed by atoms with Crippen LogP contribution in [0.15, 0.2) is 42.5 Å². The minimum absolute atomic E-state index is 0.298. The van der Waals surface area contributed by atoms with E-state index in [1.54, 1.807) is 12.1 Å². The van der Waals surface area contributed by atoms with Crippen LogP contribution in [0, 0.1) is 5.92 Å². The van der Waals surface area contributed by atoms with E-state index < -0.39 is 5.97 Å². The Hall–Kier alpha value is -2.69. The minimum atomic E-state index is -0.910. The first-order chi connectivity index (χ1) is 15.6. The highest BCUT2D eigenvalue weighted by atomic mass is 16.5. The normalized spacial score (nSPS) is 13.8. The zero-order valence-corrected chi connectivity index (χ0v) is 19.6. The largest absolute Gasteiger partial charge is 0.478 e. The Morgan fingerprint density at radius 3 is 2.31 bits per heavy atom. The molecular weight excluding hydrogens is 400 g/mol. The zero-order valence-electron chi connectivity index (χ0n) is 19.6. The van der Waals surface area contributed by atoms with Gasteiger partial charge < -0.3 is 20.1 Å². The summed E-state index contributed by atoms with van der Waals surface area (Å²) in [7, 11) is 0. The van der Waals surface area contributed by atoms with Crippen molar-refractivity contribution in [2.75, 3.05) is 29.9 Å². The van der Waals surface area contributed by atoms with Crippen LogP contribution in [0.4, 0.5) is 11.4 Å². The Balaban J connectivity index is 2.03. The van der Waals surface area contributed by atoms with E-state index in [0.29, 0.717) is 11.5 Å². The molecule has 0 bridgehead atoms. The molecule has 3 rings (SSSR count). The van der Waals surface area contributed by atoms with Crippen LogP contribution in [0.25, 0.3) is 0 Å². The van der Waals surface area contributed by atoms with Gasteiger partial charge in [0.05, 0.1) is 16.9 Å². The number of unbranched alkanes of at least 4 members (excludes halogenated alkanes) is 2. The van der Waals surface area contributed by atoms with Crippen molar-refractivity contribution in [3.63, 3.8) is 0 Å². The molecule has 0 saturated heterocycles. The number of benzene rings is 2. The molecule has 2 aromatic carbocycles. The molecule has 174 valence electrons. The second-order valence-corrected chi connectivity index (χ2v) is 8.82. The maximum Gasteiger partial charge on any atom is 0.335 e. The summed E-state index contributed by atoms with van der Waals surface area (Å²) in [5.41, 5.74) is 1.94. The maximum atomic E-state index is 12.0. The van der Waals surface area contributed by atoms with Crippen molar-refractivity contribution >= 4 is 17.3 Å². The van der Waals surface area contributed by atoms with Crippen molar-refractivity contribution in [2.45, 2.75) is 65.2 Å². The van der Waals surface area contributed by atoms with Gasteiger partial charge in [-0.3, -0.25) is 0 Å². The highest BCUT2D eigenvalue weighted by Crippen LogP contribution is 2.41. The van der Waals surface area contributed by atoms with Crippen molar-refractivity contribution < 1.29 is 14.6 Å². The molecule has 0 heterocycles. The molecule has 1 aliphatic carbocycles. The van der Waals surface area contributed by atoms with E-state index >= 15 is 0 Å². The van der Waals surface area contributed by atoms with E-state index in [2.05, 4.69) is 24.1 Å². The smallest absolute Gasteiger partial charge is 0.335 e. The summed E-state index contributed by atoms with van der Waals surface area (Å²) in [6.45, 7) is 6.97. The van der Waals surface area contributed by atoms with Gasteiger partial charge in [-0.15, -0.1) is 0 Å². The van der Waals surface area contributed by atoms with Crippen molar-refractivity contribution in [1.29, 1.82) is 0 Å². The first-order valence-electron chi connectivity index (χ1n) is 12.2. The minimum Gasteiger partial charge on any atom is -0.478 e. The third-order valence-corrected chi connectivity index (χ3v) is 6.24. The van der Waals surface area contributed by atoms with Crippen molar-refractivity contribution in [3.8, 4) is 11.5 Å². The number of carbonyl (C=O) groups is 1. The number of anilines is 2. The number of carboxylic acid groups (broad SMARTS) is 1. The standard InChI is InChI=1S/C27H38N2O3/c1-3-5-16-29(17-6-4-2)25-19-22(27(30)31)18-24(28-20-21-12-10-11-13-21)26(25)32-23-14-8-7-9-15-23/h7-9,14-15,18-19,21,28H,3-6,10-13,16-17,20H2,1-2H3,(H,30,31). The first-order valence-corrected chi connectivity index (χ1v) is 12.2. The van der Waals surface area contributed by atoms with Crippen LogP contribution in [0.1, 0.15) is 75.6 Å². The van der Waals surface area contributed by atoms with Crippen LogP contribution in [-0.4, -0.2) is 30.7 Å². The predicted molar refractivity (Wildman–Crippen MR) is 132 cm³/mol. The molecule has 1 aliphatic rings. The van der Waals surface area contributed by atoms with Crippen LogP contribution in [0.2, 0.25) is 0 Å². The number of para-hydroxylation sites is 1. The summed E-state index contributed by atoms with van der Waals surface area (Å²) in [5, 5.41) is 13.4. The van der Waals surface area contributed by atoms with Gasteiger partial charge in [0.15, 0.2) is 5.75 Å². The van der Waals surface area contributed by atoms with E-state index in [1.807, 2.05) is 30.3 Å². The van der Waals surface area contributed by atoms with Gasteiger partial charge in [0.2, 0.25) is 0 Å². The second kappa shape index (κ2) is 12.4. The fraction of sp³-hybridized carbons (Fsp3) is 0.519. The van der Waals surface area contributed by atoms with Crippen molar-refractivity contribution in [1.82, 2.24) is 0 Å². The van der Waals surface area contributed by atoms with E-state index in [1.165, 1.54) is 25.7 Å². The molecule has 32 heavy (non-hydrogen) atoms. The number of ether oxygens (including phenoxy) is 1. The average Bonchev–Trinajstić information content (AvgIpc) is 3.33. The van der Waals surface area contributed by atoms with Crippen LogP contribution in [-0.2, 0) is 0 Å². The van der Waals surface area contributed by atoms with Crippen molar-refractivity contribution in [2.24, 2.45) is 5.92 Å². The molecule has 1 fully saturated rings. The van der Waals surface area contributed by atoms with Gasteiger partial charge in [-0.05, 0) is 55.9 Å². The Morgan fingerprint density at radius 2 is 1.72 bits per heavy atom. The van der Waals surface area contributed by atoms with Gasteiger partial charge in [0.25, 0.3) is 0 Å². The molecular formula is C27H38N2O3. The van der Waals surface area contributed by atoms with Gasteiger partial charge in [0, 0.05) is 19.6 Å². The van der Waals surface area contributed by atoms with Gasteiger partial charge in [0.1, 0.15) is 5.75 Å². The van der Waals surface area contributed by atoms with Crippen LogP contribution < -0.4 is 15.0 Å². The molecule has 0 spiro atoms. The molecule has 0 atom stereocenters. The Kier molecular flexibility index (Phi) is 9.27.